The maximum Gasteiger partial charge on any atom is 0.289 e. The Morgan fingerprint density at radius 2 is 1.88 bits per heavy atom. The summed E-state index contributed by atoms with van der Waals surface area (Å²) >= 11 is 1.06. The van der Waals surface area contributed by atoms with E-state index in [-0.39, 0.29) is 23.6 Å². The van der Waals surface area contributed by atoms with Gasteiger partial charge in [-0.3, -0.25) is 14.5 Å². The van der Waals surface area contributed by atoms with Crippen molar-refractivity contribution in [2.45, 2.75) is 5.25 Å². The van der Waals surface area contributed by atoms with Crippen LogP contribution in [-0.4, -0.2) is 29.1 Å². The van der Waals surface area contributed by atoms with Gasteiger partial charge in [-0.15, -0.1) is 12.4 Å². The summed E-state index contributed by atoms with van der Waals surface area (Å²) in [4.78, 5) is 24.7. The first-order valence-corrected chi connectivity index (χ1v) is 5.89. The molecule has 0 aliphatic carbocycles. The highest BCUT2D eigenvalue weighted by atomic mass is 35.5. The number of hydrogen-bond donors (Lipinski definition) is 1. The van der Waals surface area contributed by atoms with Gasteiger partial charge < -0.3 is 5.73 Å². The molecule has 1 aliphatic heterocycles. The van der Waals surface area contributed by atoms with Gasteiger partial charge >= 0.3 is 0 Å². The Bertz CT molecular complexity index is 413. The highest BCUT2D eigenvalue weighted by Crippen LogP contribution is 2.38. The monoisotopic (exact) mass is 272 g/mol. The van der Waals surface area contributed by atoms with Crippen LogP contribution in [-0.2, 0) is 4.79 Å². The average molecular weight is 273 g/mol. The largest absolute Gasteiger partial charge is 0.329 e. The van der Waals surface area contributed by atoms with E-state index in [0.717, 1.165) is 17.3 Å². The Morgan fingerprint density at radius 3 is 2.47 bits per heavy atom. The molecule has 1 atom stereocenters. The molecule has 2 N–H and O–H groups in total. The first-order valence-electron chi connectivity index (χ1n) is 5.01. The molecule has 92 valence electrons. The number of benzene rings is 1. The van der Waals surface area contributed by atoms with E-state index in [1.54, 1.807) is 0 Å². The summed E-state index contributed by atoms with van der Waals surface area (Å²) in [6, 6.07) is 9.31. The Morgan fingerprint density at radius 1 is 1.24 bits per heavy atom. The van der Waals surface area contributed by atoms with Gasteiger partial charge in [0.2, 0.25) is 5.91 Å². The lowest BCUT2D eigenvalue weighted by molar-refractivity contribution is -0.126. The molecule has 1 aliphatic rings. The Labute approximate surface area is 110 Å². The van der Waals surface area contributed by atoms with Gasteiger partial charge in [0.05, 0.1) is 0 Å². The van der Waals surface area contributed by atoms with Gasteiger partial charge in [-0.05, 0) is 17.3 Å². The fraction of sp³-hybridized carbons (Fsp3) is 0.273. The Hall–Kier alpha value is -1.04. The number of hydrogen-bond acceptors (Lipinski definition) is 4. The zero-order valence-corrected chi connectivity index (χ0v) is 10.7. The minimum atomic E-state index is -0.403. The van der Waals surface area contributed by atoms with Crippen molar-refractivity contribution in [2.75, 3.05) is 13.1 Å². The van der Waals surface area contributed by atoms with Crippen molar-refractivity contribution in [3.63, 3.8) is 0 Å². The molecule has 0 aromatic heterocycles. The highest BCUT2D eigenvalue weighted by Gasteiger charge is 2.39. The quantitative estimate of drug-likeness (QED) is 0.911. The van der Waals surface area contributed by atoms with E-state index in [4.69, 9.17) is 5.73 Å². The van der Waals surface area contributed by atoms with E-state index in [9.17, 15) is 9.59 Å². The maximum absolute atomic E-state index is 11.9. The summed E-state index contributed by atoms with van der Waals surface area (Å²) in [5, 5.41) is -0.607. The third-order valence-electron chi connectivity index (χ3n) is 2.38. The molecule has 1 saturated heterocycles. The number of carbonyl (C=O) groups is 2. The summed E-state index contributed by atoms with van der Waals surface area (Å²) in [5.41, 5.74) is 6.23. The maximum atomic E-state index is 11.9. The average Bonchev–Trinajstić information content (AvgIpc) is 2.59. The summed E-state index contributed by atoms with van der Waals surface area (Å²) < 4.78 is 0. The zero-order valence-electron chi connectivity index (χ0n) is 9.04. The van der Waals surface area contributed by atoms with Crippen LogP contribution in [0.3, 0.4) is 0 Å². The smallest absolute Gasteiger partial charge is 0.289 e. The van der Waals surface area contributed by atoms with E-state index in [1.807, 2.05) is 30.3 Å². The van der Waals surface area contributed by atoms with Crippen LogP contribution in [0, 0.1) is 0 Å². The van der Waals surface area contributed by atoms with E-state index < -0.39 is 5.25 Å². The van der Waals surface area contributed by atoms with Gasteiger partial charge in [0.15, 0.2) is 0 Å². The van der Waals surface area contributed by atoms with Crippen molar-refractivity contribution in [3.05, 3.63) is 35.9 Å². The van der Waals surface area contributed by atoms with Crippen LogP contribution < -0.4 is 5.73 Å². The molecule has 17 heavy (non-hydrogen) atoms. The van der Waals surface area contributed by atoms with Gasteiger partial charge in [-0.25, -0.2) is 0 Å². The van der Waals surface area contributed by atoms with Crippen LogP contribution >= 0.6 is 24.2 Å². The lowest BCUT2D eigenvalue weighted by Crippen LogP contribution is -2.34. The number of nitrogens with zero attached hydrogens (tertiary/aromatic N) is 1. The van der Waals surface area contributed by atoms with E-state index >= 15 is 0 Å². The molecule has 0 bridgehead atoms. The van der Waals surface area contributed by atoms with E-state index in [1.165, 1.54) is 4.90 Å². The second kappa shape index (κ2) is 6.05. The predicted molar refractivity (Wildman–Crippen MR) is 70.2 cm³/mol. The van der Waals surface area contributed by atoms with E-state index in [0.29, 0.717) is 13.1 Å². The van der Waals surface area contributed by atoms with Crippen LogP contribution in [0.15, 0.2) is 30.3 Å². The molecule has 1 unspecified atom stereocenters. The topological polar surface area (TPSA) is 63.4 Å². The molecule has 4 nitrogen and oxygen atoms in total. The minimum Gasteiger partial charge on any atom is -0.329 e. The van der Waals surface area contributed by atoms with Crippen LogP contribution in [0.5, 0.6) is 0 Å². The van der Waals surface area contributed by atoms with Crippen LogP contribution in [0.25, 0.3) is 0 Å². The fourth-order valence-corrected chi connectivity index (χ4v) is 2.65. The molecular formula is C11H13ClN2O2S. The molecule has 0 saturated carbocycles. The summed E-state index contributed by atoms with van der Waals surface area (Å²) in [6.45, 7) is 0.605. The number of carbonyl (C=O) groups excluding carboxylic acids is 2. The van der Waals surface area contributed by atoms with Crippen LogP contribution in [0.2, 0.25) is 0 Å². The van der Waals surface area contributed by atoms with Gasteiger partial charge in [0, 0.05) is 13.1 Å². The van der Waals surface area contributed by atoms with Gasteiger partial charge in [0.25, 0.3) is 5.24 Å². The number of rotatable bonds is 3. The third kappa shape index (κ3) is 2.80. The van der Waals surface area contributed by atoms with Crippen molar-refractivity contribution >= 4 is 35.3 Å². The molecule has 1 heterocycles. The lowest BCUT2D eigenvalue weighted by atomic mass is 10.1. The Balaban J connectivity index is 0.00000144. The number of halogens is 1. The molecule has 0 radical (unpaired) electrons. The lowest BCUT2D eigenvalue weighted by Gasteiger charge is -2.11. The van der Waals surface area contributed by atoms with Crippen molar-refractivity contribution in [1.82, 2.24) is 4.90 Å². The summed E-state index contributed by atoms with van der Waals surface area (Å²) in [7, 11) is 0. The minimum absolute atomic E-state index is 0. The van der Waals surface area contributed by atoms with Crippen LogP contribution in [0.4, 0.5) is 4.79 Å². The molecular weight excluding hydrogens is 260 g/mol. The molecule has 1 aromatic carbocycles. The predicted octanol–water partition coefficient (Wildman–Crippen LogP) is 1.80. The fourth-order valence-electron chi connectivity index (χ4n) is 1.62. The van der Waals surface area contributed by atoms with Crippen molar-refractivity contribution < 1.29 is 9.59 Å². The van der Waals surface area contributed by atoms with Crippen molar-refractivity contribution in [3.8, 4) is 0 Å². The van der Waals surface area contributed by atoms with Gasteiger partial charge in [0.1, 0.15) is 5.25 Å². The summed E-state index contributed by atoms with van der Waals surface area (Å²) in [5.74, 6) is -0.161. The van der Waals surface area contributed by atoms with E-state index in [2.05, 4.69) is 0 Å². The number of thioether (sulfide) groups is 1. The standard InChI is InChI=1S/C11H12N2O2S.ClH/c12-6-7-13-10(14)9(16-11(13)15)8-4-2-1-3-5-8;/h1-5,9H,6-7,12H2;1H. The highest BCUT2D eigenvalue weighted by molar-refractivity contribution is 8.14. The first-order chi connectivity index (χ1) is 7.74. The van der Waals surface area contributed by atoms with Crippen molar-refractivity contribution in [1.29, 1.82) is 0 Å². The van der Waals surface area contributed by atoms with Crippen molar-refractivity contribution in [2.24, 2.45) is 5.73 Å². The number of nitrogens with two attached hydrogens (primary N) is 1. The third-order valence-corrected chi connectivity index (χ3v) is 3.52. The molecule has 1 aromatic rings. The first kappa shape index (κ1) is 14.0. The van der Waals surface area contributed by atoms with Crippen LogP contribution in [0.1, 0.15) is 10.8 Å². The normalized spacial score (nSPS) is 19.4. The SMILES string of the molecule is Cl.NCCN1C(=O)SC(c2ccccc2)C1=O. The molecule has 2 amide bonds. The zero-order chi connectivity index (χ0) is 11.5. The molecule has 2 rings (SSSR count). The second-order valence-electron chi connectivity index (χ2n) is 3.45. The van der Waals surface area contributed by atoms with Gasteiger partial charge in [-0.2, -0.15) is 0 Å². The number of amides is 2. The summed E-state index contributed by atoms with van der Waals surface area (Å²) in [6.07, 6.45) is 0. The van der Waals surface area contributed by atoms with Gasteiger partial charge in [-0.1, -0.05) is 30.3 Å². The Kier molecular flexibility index (Phi) is 4.99. The molecule has 0 spiro atoms. The number of imide groups is 1. The molecule has 1 fully saturated rings. The second-order valence-corrected chi connectivity index (χ2v) is 4.51. The molecule has 6 heteroatoms.